The van der Waals surface area contributed by atoms with Gasteiger partial charge >= 0.3 is 6.03 Å². The lowest BCUT2D eigenvalue weighted by Gasteiger charge is -2.14. The number of thiazole rings is 1. The summed E-state index contributed by atoms with van der Waals surface area (Å²) in [5.41, 5.74) is 1.37. The van der Waals surface area contributed by atoms with Crippen molar-refractivity contribution < 1.29 is 19.0 Å². The maximum Gasteiger partial charge on any atom is 0.319 e. The first-order chi connectivity index (χ1) is 16.0. The van der Waals surface area contributed by atoms with Crippen LogP contribution in [0.5, 0.6) is 23.0 Å². The Morgan fingerprint density at radius 1 is 1.00 bits per heavy atom. The lowest BCUT2D eigenvalue weighted by atomic mass is 10.2. The summed E-state index contributed by atoms with van der Waals surface area (Å²) in [5, 5.41) is 7.38. The Balaban J connectivity index is 1.44. The van der Waals surface area contributed by atoms with Gasteiger partial charge in [-0.05, 0) is 50.2 Å². The molecule has 4 rings (SSSR count). The Morgan fingerprint density at radius 3 is 2.39 bits per heavy atom. The second kappa shape index (κ2) is 9.74. The molecule has 170 valence electrons. The zero-order valence-electron chi connectivity index (χ0n) is 18.7. The highest BCUT2D eigenvalue weighted by Crippen LogP contribution is 2.37. The number of ether oxygens (including phenoxy) is 3. The van der Waals surface area contributed by atoms with E-state index in [1.807, 2.05) is 19.9 Å². The van der Waals surface area contributed by atoms with E-state index in [4.69, 9.17) is 14.2 Å². The number of nitrogens with one attached hydrogen (secondary N) is 2. The first kappa shape index (κ1) is 22.3. The van der Waals surface area contributed by atoms with Crippen LogP contribution < -0.4 is 24.8 Å². The van der Waals surface area contributed by atoms with Gasteiger partial charge in [-0.3, -0.25) is 4.98 Å². The highest BCUT2D eigenvalue weighted by molar-refractivity contribution is 7.11. The maximum absolute atomic E-state index is 12.3. The van der Waals surface area contributed by atoms with Crippen LogP contribution in [0, 0.1) is 6.92 Å². The number of aryl methyl sites for hydroxylation is 1. The molecular weight excluding hydrogens is 440 g/mol. The van der Waals surface area contributed by atoms with Gasteiger partial charge in [0.05, 0.1) is 25.8 Å². The fourth-order valence-electron chi connectivity index (χ4n) is 3.27. The van der Waals surface area contributed by atoms with Crippen LogP contribution in [0.4, 0.5) is 10.5 Å². The minimum atomic E-state index is -0.301. The summed E-state index contributed by atoms with van der Waals surface area (Å²) in [5.74, 6) is 2.44. The Hall–Kier alpha value is -3.85. The zero-order chi connectivity index (χ0) is 23.4. The molecule has 2 heterocycles. The number of pyridine rings is 1. The van der Waals surface area contributed by atoms with Crippen molar-refractivity contribution in [3.63, 3.8) is 0 Å². The monoisotopic (exact) mass is 464 g/mol. The lowest BCUT2D eigenvalue weighted by Crippen LogP contribution is -2.31. The minimum Gasteiger partial charge on any atom is -0.493 e. The second-order valence-electron chi connectivity index (χ2n) is 7.29. The van der Waals surface area contributed by atoms with E-state index in [1.54, 1.807) is 74.3 Å². The number of nitrogens with zero attached hydrogens (tertiary/aromatic N) is 2. The summed E-state index contributed by atoms with van der Waals surface area (Å²) >= 11 is 1.56. The Morgan fingerprint density at radius 2 is 1.73 bits per heavy atom. The van der Waals surface area contributed by atoms with E-state index in [2.05, 4.69) is 20.6 Å². The Labute approximate surface area is 195 Å². The molecule has 2 aromatic heterocycles. The first-order valence-corrected chi connectivity index (χ1v) is 11.1. The van der Waals surface area contributed by atoms with E-state index in [1.165, 1.54) is 0 Å². The summed E-state index contributed by atoms with van der Waals surface area (Å²) in [4.78, 5) is 22.1. The number of hydrogen-bond donors (Lipinski definition) is 2. The van der Waals surface area contributed by atoms with E-state index >= 15 is 0 Å². The fraction of sp³-hybridized carbons (Fsp3) is 0.208. The molecule has 0 aliphatic heterocycles. The third-order valence-electron chi connectivity index (χ3n) is 4.90. The first-order valence-electron chi connectivity index (χ1n) is 10.3. The Kier molecular flexibility index (Phi) is 6.60. The van der Waals surface area contributed by atoms with Gasteiger partial charge in [-0.25, -0.2) is 9.78 Å². The van der Waals surface area contributed by atoms with Gasteiger partial charge in [0.1, 0.15) is 16.5 Å². The number of carbonyl (C=O) groups excluding carboxylic acids is 1. The molecule has 0 aliphatic rings. The number of carbonyl (C=O) groups is 1. The predicted octanol–water partition coefficient (Wildman–Crippen LogP) is 5.69. The molecule has 1 unspecified atom stereocenters. The van der Waals surface area contributed by atoms with Crippen molar-refractivity contribution in [1.29, 1.82) is 0 Å². The van der Waals surface area contributed by atoms with Crippen LogP contribution in [0.15, 0.2) is 54.9 Å². The van der Waals surface area contributed by atoms with Crippen LogP contribution in [-0.4, -0.2) is 30.2 Å². The molecule has 9 heteroatoms. The zero-order valence-corrected chi connectivity index (χ0v) is 19.5. The van der Waals surface area contributed by atoms with E-state index in [0.717, 1.165) is 20.8 Å². The third-order valence-corrected chi connectivity index (χ3v) is 6.00. The van der Waals surface area contributed by atoms with Gasteiger partial charge in [0.15, 0.2) is 11.5 Å². The largest absolute Gasteiger partial charge is 0.493 e. The summed E-state index contributed by atoms with van der Waals surface area (Å²) in [6.45, 7) is 3.89. The molecule has 0 fully saturated rings. The summed E-state index contributed by atoms with van der Waals surface area (Å²) < 4.78 is 16.8. The molecule has 2 aromatic carbocycles. The smallest absolute Gasteiger partial charge is 0.319 e. The van der Waals surface area contributed by atoms with Gasteiger partial charge in [-0.15, -0.1) is 11.3 Å². The summed E-state index contributed by atoms with van der Waals surface area (Å²) in [6, 6.07) is 12.1. The molecule has 0 radical (unpaired) electrons. The molecule has 33 heavy (non-hydrogen) atoms. The van der Waals surface area contributed by atoms with E-state index in [-0.39, 0.29) is 12.1 Å². The molecule has 0 saturated carbocycles. The van der Waals surface area contributed by atoms with Crippen LogP contribution in [-0.2, 0) is 0 Å². The van der Waals surface area contributed by atoms with Crippen molar-refractivity contribution in [3.8, 4) is 23.0 Å². The number of rotatable bonds is 7. The number of benzene rings is 2. The molecule has 0 saturated heterocycles. The van der Waals surface area contributed by atoms with Gasteiger partial charge in [0, 0.05) is 34.4 Å². The molecule has 8 nitrogen and oxygen atoms in total. The van der Waals surface area contributed by atoms with Gasteiger partial charge in [-0.2, -0.15) is 0 Å². The van der Waals surface area contributed by atoms with Gasteiger partial charge < -0.3 is 24.8 Å². The van der Waals surface area contributed by atoms with Crippen LogP contribution in [0.3, 0.4) is 0 Å². The van der Waals surface area contributed by atoms with Gasteiger partial charge in [-0.1, -0.05) is 0 Å². The number of methoxy groups -OCH3 is 2. The third kappa shape index (κ3) is 5.15. The standard InChI is InChI=1S/C24H24N4O4S/c1-14-13-26-23(33-14)15(2)27-24(29)28-16-5-7-17(8-6-16)32-20-9-10-25-19-12-22(31-4)21(30-3)11-18(19)20/h5-13,15H,1-4H3,(H2,27,28,29). The molecular formula is C24H24N4O4S. The van der Waals surface area contributed by atoms with Crippen molar-refractivity contribution in [3.05, 3.63) is 64.7 Å². The highest BCUT2D eigenvalue weighted by Gasteiger charge is 2.14. The molecule has 1 atom stereocenters. The summed E-state index contributed by atoms with van der Waals surface area (Å²) in [7, 11) is 3.17. The molecule has 0 aliphatic carbocycles. The number of fused-ring (bicyclic) bond motifs is 1. The quantitative estimate of drug-likeness (QED) is 0.365. The fourth-order valence-corrected chi connectivity index (χ4v) is 4.04. The van der Waals surface area contributed by atoms with Crippen molar-refractivity contribution >= 4 is 34.0 Å². The average molecular weight is 465 g/mol. The number of anilines is 1. The van der Waals surface area contributed by atoms with Crippen molar-refractivity contribution in [2.24, 2.45) is 0 Å². The number of aromatic nitrogens is 2. The normalized spacial score (nSPS) is 11.6. The van der Waals surface area contributed by atoms with E-state index < -0.39 is 0 Å². The van der Waals surface area contributed by atoms with Gasteiger partial charge in [0.25, 0.3) is 0 Å². The topological polar surface area (TPSA) is 94.6 Å². The van der Waals surface area contributed by atoms with Crippen LogP contribution in [0.1, 0.15) is 22.9 Å². The van der Waals surface area contributed by atoms with Crippen LogP contribution >= 0.6 is 11.3 Å². The van der Waals surface area contributed by atoms with E-state index in [0.29, 0.717) is 28.7 Å². The van der Waals surface area contributed by atoms with Crippen molar-refractivity contribution in [1.82, 2.24) is 15.3 Å². The molecule has 4 aromatic rings. The highest BCUT2D eigenvalue weighted by atomic mass is 32.1. The number of amides is 2. The molecule has 2 amide bonds. The second-order valence-corrected chi connectivity index (χ2v) is 8.56. The van der Waals surface area contributed by atoms with Crippen LogP contribution in [0.2, 0.25) is 0 Å². The van der Waals surface area contributed by atoms with Gasteiger partial charge in [0.2, 0.25) is 0 Å². The number of urea groups is 1. The SMILES string of the molecule is COc1cc2nccc(Oc3ccc(NC(=O)NC(C)c4ncc(C)s4)cc3)c2cc1OC. The predicted molar refractivity (Wildman–Crippen MR) is 129 cm³/mol. The maximum atomic E-state index is 12.3. The average Bonchev–Trinajstić information content (AvgIpc) is 3.26. The Bertz CT molecular complexity index is 1270. The lowest BCUT2D eigenvalue weighted by molar-refractivity contribution is 0.249. The minimum absolute atomic E-state index is 0.179. The number of hydrogen-bond acceptors (Lipinski definition) is 7. The van der Waals surface area contributed by atoms with Crippen LogP contribution in [0.25, 0.3) is 10.9 Å². The van der Waals surface area contributed by atoms with Crippen molar-refractivity contribution in [2.45, 2.75) is 19.9 Å². The van der Waals surface area contributed by atoms with Crippen molar-refractivity contribution in [2.75, 3.05) is 19.5 Å². The van der Waals surface area contributed by atoms with E-state index in [9.17, 15) is 4.79 Å². The molecule has 2 N–H and O–H groups in total. The summed E-state index contributed by atoms with van der Waals surface area (Å²) in [6.07, 6.45) is 3.47. The molecule has 0 spiro atoms. The molecule has 0 bridgehead atoms.